The van der Waals surface area contributed by atoms with E-state index in [-0.39, 0.29) is 17.1 Å². The molecule has 2 aliphatic rings. The molecular formula is C21H19F4N3O3. The fraction of sp³-hybridized carbons (Fsp3) is 0.333. The van der Waals surface area contributed by atoms with Crippen LogP contribution in [0.1, 0.15) is 43.2 Å². The maximum atomic E-state index is 13.9. The van der Waals surface area contributed by atoms with Crippen LogP contribution in [0.15, 0.2) is 53.7 Å². The summed E-state index contributed by atoms with van der Waals surface area (Å²) in [5.41, 5.74) is -1.65. The molecule has 4 rings (SSSR count). The van der Waals surface area contributed by atoms with E-state index < -0.39 is 29.4 Å². The Kier molecular flexibility index (Phi) is 5.47. The number of carbonyl (C=O) groups is 1. The number of para-hydroxylation sites is 1. The number of rotatable bonds is 3. The van der Waals surface area contributed by atoms with Crippen LogP contribution in [0.5, 0.6) is 0 Å². The summed E-state index contributed by atoms with van der Waals surface area (Å²) in [6.07, 6.45) is -1.88. The number of carbonyl (C=O) groups excluding carboxylic acids is 1. The number of hydrogen-bond donors (Lipinski definition) is 1. The van der Waals surface area contributed by atoms with Gasteiger partial charge in [-0.2, -0.15) is 13.2 Å². The molecule has 0 aromatic heterocycles. The summed E-state index contributed by atoms with van der Waals surface area (Å²) in [7, 11) is 0. The lowest BCUT2D eigenvalue weighted by molar-refractivity contribution is -0.224. The van der Waals surface area contributed by atoms with Gasteiger partial charge < -0.3 is 9.68 Å². The number of hydrogen-bond acceptors (Lipinski definition) is 5. The molecule has 1 N–H and O–H groups in total. The van der Waals surface area contributed by atoms with Crippen molar-refractivity contribution in [3.05, 3.63) is 65.5 Å². The molecule has 1 saturated carbocycles. The SMILES string of the molecule is O=C(Nc1ccccc1F)ON1C(c2ccc(C(F)(F)F)cc2)=NOC12CCCCC2. The van der Waals surface area contributed by atoms with Crippen molar-refractivity contribution in [2.45, 2.75) is 44.0 Å². The molecule has 10 heteroatoms. The zero-order valence-electron chi connectivity index (χ0n) is 16.3. The molecule has 0 radical (unpaired) electrons. The van der Waals surface area contributed by atoms with Crippen molar-refractivity contribution in [3.8, 4) is 0 Å². The number of nitrogens with zero attached hydrogens (tertiary/aromatic N) is 2. The molecule has 0 bridgehead atoms. The monoisotopic (exact) mass is 437 g/mol. The smallest absolute Gasteiger partial charge is 0.362 e. The first-order valence-corrected chi connectivity index (χ1v) is 9.76. The predicted octanol–water partition coefficient (Wildman–Crippen LogP) is 5.66. The number of amides is 1. The van der Waals surface area contributed by atoms with Crippen LogP contribution in [0.25, 0.3) is 0 Å². The lowest BCUT2D eigenvalue weighted by Crippen LogP contribution is -2.51. The van der Waals surface area contributed by atoms with E-state index in [1.807, 2.05) is 0 Å². The first kappa shape index (κ1) is 21.0. The van der Waals surface area contributed by atoms with Gasteiger partial charge >= 0.3 is 12.3 Å². The highest BCUT2D eigenvalue weighted by atomic mass is 19.4. The standard InChI is InChI=1S/C21H19F4N3O3/c22-16-6-2-3-7-17(16)26-19(29)30-28-18(27-31-20(28)12-4-1-5-13-20)14-8-10-15(11-9-14)21(23,24)25/h2-3,6-11H,1,4-5,12-13H2,(H,26,29). The van der Waals surface area contributed by atoms with Crippen LogP contribution in [-0.4, -0.2) is 22.7 Å². The van der Waals surface area contributed by atoms with E-state index in [1.54, 1.807) is 6.07 Å². The van der Waals surface area contributed by atoms with Gasteiger partial charge in [0.15, 0.2) is 0 Å². The molecule has 1 spiro atoms. The number of amidine groups is 1. The van der Waals surface area contributed by atoms with Crippen molar-refractivity contribution in [2.24, 2.45) is 5.16 Å². The van der Waals surface area contributed by atoms with E-state index in [0.717, 1.165) is 31.4 Å². The highest BCUT2D eigenvalue weighted by molar-refractivity contribution is 6.00. The Morgan fingerprint density at radius 3 is 2.39 bits per heavy atom. The minimum absolute atomic E-state index is 0.0688. The van der Waals surface area contributed by atoms with Gasteiger partial charge in [-0.15, -0.1) is 5.06 Å². The Morgan fingerprint density at radius 2 is 1.74 bits per heavy atom. The topological polar surface area (TPSA) is 63.2 Å². The van der Waals surface area contributed by atoms with E-state index in [1.165, 1.54) is 35.4 Å². The summed E-state index contributed by atoms with van der Waals surface area (Å²) in [5.74, 6) is -0.569. The molecular weight excluding hydrogens is 418 g/mol. The third-order valence-electron chi connectivity index (χ3n) is 5.25. The summed E-state index contributed by atoms with van der Waals surface area (Å²) < 4.78 is 52.6. The summed E-state index contributed by atoms with van der Waals surface area (Å²) >= 11 is 0. The average molecular weight is 437 g/mol. The van der Waals surface area contributed by atoms with Crippen LogP contribution in [0, 0.1) is 5.82 Å². The molecule has 164 valence electrons. The van der Waals surface area contributed by atoms with Gasteiger partial charge in [-0.25, -0.2) is 9.18 Å². The Balaban J connectivity index is 1.59. The molecule has 1 amide bonds. The molecule has 0 saturated heterocycles. The second kappa shape index (κ2) is 8.09. The molecule has 1 aliphatic heterocycles. The van der Waals surface area contributed by atoms with Crippen LogP contribution in [-0.2, 0) is 15.9 Å². The van der Waals surface area contributed by atoms with Gasteiger partial charge in [0.05, 0.1) is 11.3 Å². The Labute approximate surface area is 175 Å². The maximum absolute atomic E-state index is 13.9. The van der Waals surface area contributed by atoms with Crippen molar-refractivity contribution in [1.29, 1.82) is 0 Å². The third-order valence-corrected chi connectivity index (χ3v) is 5.25. The Bertz CT molecular complexity index is 986. The van der Waals surface area contributed by atoms with Crippen LogP contribution in [0.2, 0.25) is 0 Å². The summed E-state index contributed by atoms with van der Waals surface area (Å²) in [6, 6.07) is 9.89. The van der Waals surface area contributed by atoms with Crippen LogP contribution in [0.4, 0.5) is 28.0 Å². The fourth-order valence-corrected chi connectivity index (χ4v) is 3.68. The van der Waals surface area contributed by atoms with Crippen molar-refractivity contribution in [2.75, 3.05) is 5.32 Å². The third kappa shape index (κ3) is 4.28. The fourth-order valence-electron chi connectivity index (χ4n) is 3.68. The second-order valence-electron chi connectivity index (χ2n) is 7.37. The summed E-state index contributed by atoms with van der Waals surface area (Å²) in [6.45, 7) is 0. The highest BCUT2D eigenvalue weighted by Gasteiger charge is 2.50. The van der Waals surface area contributed by atoms with E-state index in [2.05, 4.69) is 10.5 Å². The molecule has 0 unspecified atom stereocenters. The molecule has 2 aromatic rings. The van der Waals surface area contributed by atoms with Gasteiger partial charge in [-0.05, 0) is 37.1 Å². The molecule has 0 atom stereocenters. The van der Waals surface area contributed by atoms with E-state index in [4.69, 9.17) is 9.68 Å². The highest BCUT2D eigenvalue weighted by Crippen LogP contribution is 2.40. The van der Waals surface area contributed by atoms with E-state index >= 15 is 0 Å². The van der Waals surface area contributed by atoms with Gasteiger partial charge in [-0.3, -0.25) is 5.32 Å². The second-order valence-corrected chi connectivity index (χ2v) is 7.37. The molecule has 1 fully saturated rings. The van der Waals surface area contributed by atoms with Crippen LogP contribution < -0.4 is 5.32 Å². The molecule has 2 aromatic carbocycles. The number of oxime groups is 1. The number of alkyl halides is 3. The minimum atomic E-state index is -4.48. The molecule has 6 nitrogen and oxygen atoms in total. The van der Waals surface area contributed by atoms with Gasteiger partial charge in [0.25, 0.3) is 0 Å². The number of nitrogens with one attached hydrogen (secondary N) is 1. The lowest BCUT2D eigenvalue weighted by Gasteiger charge is -2.37. The Hall–Kier alpha value is -3.30. The molecule has 31 heavy (non-hydrogen) atoms. The van der Waals surface area contributed by atoms with Crippen LogP contribution >= 0.6 is 0 Å². The lowest BCUT2D eigenvalue weighted by atomic mass is 9.91. The molecule has 1 aliphatic carbocycles. The normalized spacial score (nSPS) is 17.8. The quantitative estimate of drug-likeness (QED) is 0.630. The zero-order chi connectivity index (χ0) is 22.1. The predicted molar refractivity (Wildman–Crippen MR) is 103 cm³/mol. The number of halogens is 4. The molecule has 1 heterocycles. The average Bonchev–Trinajstić information content (AvgIpc) is 3.07. The van der Waals surface area contributed by atoms with E-state index in [9.17, 15) is 22.4 Å². The Morgan fingerprint density at radius 1 is 1.06 bits per heavy atom. The number of hydroxylamine groups is 2. The van der Waals surface area contributed by atoms with Crippen molar-refractivity contribution in [1.82, 2.24) is 5.06 Å². The summed E-state index contributed by atoms with van der Waals surface area (Å²) in [5, 5.41) is 7.52. The van der Waals surface area contributed by atoms with E-state index in [0.29, 0.717) is 12.8 Å². The number of benzene rings is 2. The maximum Gasteiger partial charge on any atom is 0.436 e. The van der Waals surface area contributed by atoms with Gasteiger partial charge in [0.2, 0.25) is 11.6 Å². The minimum Gasteiger partial charge on any atom is -0.362 e. The van der Waals surface area contributed by atoms with Gasteiger partial charge in [0, 0.05) is 18.4 Å². The van der Waals surface area contributed by atoms with Crippen molar-refractivity contribution >= 4 is 17.6 Å². The largest absolute Gasteiger partial charge is 0.436 e. The summed E-state index contributed by atoms with van der Waals surface area (Å²) in [4.78, 5) is 23.6. The van der Waals surface area contributed by atoms with Gasteiger partial charge in [-0.1, -0.05) is 35.8 Å². The van der Waals surface area contributed by atoms with Gasteiger partial charge in [0.1, 0.15) is 5.82 Å². The first-order valence-electron chi connectivity index (χ1n) is 9.76. The zero-order valence-corrected chi connectivity index (χ0v) is 16.3. The van der Waals surface area contributed by atoms with Crippen LogP contribution in [0.3, 0.4) is 0 Å². The first-order chi connectivity index (χ1) is 14.8. The van der Waals surface area contributed by atoms with Crippen molar-refractivity contribution in [3.63, 3.8) is 0 Å². The van der Waals surface area contributed by atoms with Crippen molar-refractivity contribution < 1.29 is 32.0 Å². The number of anilines is 1.